The first-order valence-corrected chi connectivity index (χ1v) is 23.1. The van der Waals surface area contributed by atoms with Crippen molar-refractivity contribution in [2.24, 2.45) is 0 Å². The van der Waals surface area contributed by atoms with Crippen molar-refractivity contribution in [3.8, 4) is 11.3 Å². The molecule has 1 aliphatic rings. The summed E-state index contributed by atoms with van der Waals surface area (Å²) in [4.78, 5) is 34.2. The smallest absolute Gasteiger partial charge is 0.247 e. The highest BCUT2D eigenvalue weighted by Crippen LogP contribution is 2.36. The van der Waals surface area contributed by atoms with Gasteiger partial charge in [-0.05, 0) is 83.9 Å². The third kappa shape index (κ3) is 9.58. The second kappa shape index (κ2) is 17.6. The maximum atomic E-state index is 14.2. The number of anilines is 2. The van der Waals surface area contributed by atoms with E-state index in [1.807, 2.05) is 42.6 Å². The molecule has 6 rings (SSSR count). The molecule has 0 spiro atoms. The first kappa shape index (κ1) is 44.3. The summed E-state index contributed by atoms with van der Waals surface area (Å²) in [6.07, 6.45) is 5.72. The van der Waals surface area contributed by atoms with Crippen molar-refractivity contribution in [3.05, 3.63) is 104 Å². The van der Waals surface area contributed by atoms with E-state index >= 15 is 0 Å². The monoisotopic (exact) mass is 896 g/mol. The van der Waals surface area contributed by atoms with E-state index in [9.17, 15) is 35.2 Å². The molecule has 1 fully saturated rings. The van der Waals surface area contributed by atoms with Crippen molar-refractivity contribution >= 4 is 87.6 Å². The third-order valence-corrected chi connectivity index (χ3v) is 16.6. The number of nitrogens with one attached hydrogen (secondary N) is 2. The van der Waals surface area contributed by atoms with Crippen LogP contribution in [0.2, 0.25) is 10.0 Å². The van der Waals surface area contributed by atoms with Crippen molar-refractivity contribution in [1.29, 1.82) is 0 Å². The Kier molecular flexibility index (Phi) is 13.7. The van der Waals surface area contributed by atoms with Crippen molar-refractivity contribution < 1.29 is 35.2 Å². The Bertz CT molecular complexity index is 2500. The molecular weight excluding hydrogens is 858 g/mol. The average molecular weight is 898 g/mol. The lowest BCUT2D eigenvalue weighted by Gasteiger charge is -2.23. The van der Waals surface area contributed by atoms with Gasteiger partial charge in [-0.15, -0.1) is 22.7 Å². The van der Waals surface area contributed by atoms with Gasteiger partial charge in [-0.2, -0.15) is 0 Å². The van der Waals surface area contributed by atoms with Gasteiger partial charge in [0.25, 0.3) is 0 Å². The lowest BCUT2D eigenvalue weighted by Crippen LogP contribution is -2.44. The summed E-state index contributed by atoms with van der Waals surface area (Å²) in [5.74, 6) is -3.17. The zero-order valence-electron chi connectivity index (χ0n) is 31.5. The molecule has 2 aromatic heterocycles. The van der Waals surface area contributed by atoms with Gasteiger partial charge in [-0.3, -0.25) is 9.59 Å². The minimum Gasteiger partial charge on any atom is -0.301 e. The summed E-state index contributed by atoms with van der Waals surface area (Å²) < 4.78 is 76.3. The van der Waals surface area contributed by atoms with Crippen LogP contribution in [0.3, 0.4) is 0 Å². The summed E-state index contributed by atoms with van der Waals surface area (Å²) in [6.45, 7) is 6.82. The SMILES string of the molecule is CC(C)(C(=O)Nc1nc(C2CCCCC2)cs1)S(=O)(=O)c1ccc(Cl)cc1F.Cc1sc(NC(=O)C(C)(C)S(=O)(=O)c2ccc(Cl)cc2F)nc1-c1ccccc1. The van der Waals surface area contributed by atoms with Crippen molar-refractivity contribution in [1.82, 2.24) is 9.97 Å². The molecule has 0 unspecified atom stereocenters. The van der Waals surface area contributed by atoms with Crippen LogP contribution in [0.5, 0.6) is 0 Å². The Morgan fingerprint density at radius 1 is 0.737 bits per heavy atom. The molecule has 18 heteroatoms. The minimum absolute atomic E-state index is 0.0652. The summed E-state index contributed by atoms with van der Waals surface area (Å²) in [5, 5.41) is 7.83. The van der Waals surface area contributed by atoms with Gasteiger partial charge in [0, 0.05) is 31.8 Å². The Balaban J connectivity index is 0.000000218. The predicted molar refractivity (Wildman–Crippen MR) is 223 cm³/mol. The molecule has 0 bridgehead atoms. The highest BCUT2D eigenvalue weighted by atomic mass is 35.5. The molecule has 2 heterocycles. The van der Waals surface area contributed by atoms with Gasteiger partial charge >= 0.3 is 0 Å². The lowest BCUT2D eigenvalue weighted by molar-refractivity contribution is -0.118. The molecule has 10 nitrogen and oxygen atoms in total. The quantitative estimate of drug-likeness (QED) is 0.141. The number of sulfone groups is 2. The van der Waals surface area contributed by atoms with Crippen LogP contribution in [0.15, 0.2) is 81.9 Å². The maximum absolute atomic E-state index is 14.2. The topological polar surface area (TPSA) is 152 Å². The number of carbonyl (C=O) groups is 2. The number of thiazole rings is 2. The zero-order chi connectivity index (χ0) is 41.9. The summed E-state index contributed by atoms with van der Waals surface area (Å²) in [7, 11) is -8.62. The van der Waals surface area contributed by atoms with E-state index in [0.29, 0.717) is 16.7 Å². The standard InChI is InChI=1S/C20H18ClFN2O3S2.C19H22ClFN2O3S2/c1-12-17(13-7-5-4-6-8-13)23-19(28-12)24-18(25)20(2,3)29(26,27)16-10-9-14(21)11-15(16)22;1-19(2,28(25,26)16-9-8-13(20)10-14(16)21)17(24)23-18-22-15(11-27-18)12-6-4-3-5-7-12/h4-11H,1-3H3,(H,23,24,25);8-12H,3-7H2,1-2H3,(H,22,23,24). The van der Waals surface area contributed by atoms with Crippen LogP contribution in [0, 0.1) is 18.6 Å². The van der Waals surface area contributed by atoms with E-state index in [2.05, 4.69) is 20.6 Å². The number of carbonyl (C=O) groups excluding carboxylic acids is 2. The Morgan fingerprint density at radius 3 is 1.72 bits per heavy atom. The number of rotatable bonds is 10. The molecule has 304 valence electrons. The number of benzene rings is 3. The number of aromatic nitrogens is 2. The van der Waals surface area contributed by atoms with E-state index in [0.717, 1.165) is 53.2 Å². The van der Waals surface area contributed by atoms with Crippen LogP contribution < -0.4 is 10.6 Å². The van der Waals surface area contributed by atoms with Gasteiger partial charge in [0.2, 0.25) is 11.8 Å². The first-order chi connectivity index (χ1) is 26.7. The first-order valence-electron chi connectivity index (χ1n) is 17.7. The van der Waals surface area contributed by atoms with Crippen molar-refractivity contribution in [3.63, 3.8) is 0 Å². The fraction of sp³-hybridized carbons (Fsp3) is 0.333. The van der Waals surface area contributed by atoms with Gasteiger partial charge in [-0.25, -0.2) is 35.6 Å². The second-order valence-corrected chi connectivity index (χ2v) is 22.2. The molecule has 0 saturated heterocycles. The number of aryl methyl sites for hydroxylation is 1. The van der Waals surface area contributed by atoms with Crippen LogP contribution in [0.25, 0.3) is 11.3 Å². The zero-order valence-corrected chi connectivity index (χ0v) is 36.3. The van der Waals surface area contributed by atoms with E-state index < -0.39 is 62.4 Å². The second-order valence-electron chi connectivity index (χ2n) is 14.3. The van der Waals surface area contributed by atoms with Crippen LogP contribution in [-0.4, -0.2) is 48.1 Å². The summed E-state index contributed by atoms with van der Waals surface area (Å²) >= 11 is 13.9. The molecule has 5 aromatic rings. The van der Waals surface area contributed by atoms with Gasteiger partial charge < -0.3 is 10.6 Å². The largest absolute Gasteiger partial charge is 0.301 e. The summed E-state index contributed by atoms with van der Waals surface area (Å²) in [5.41, 5.74) is 2.52. The van der Waals surface area contributed by atoms with Crippen LogP contribution in [0.4, 0.5) is 19.0 Å². The molecule has 0 atom stereocenters. The van der Waals surface area contributed by atoms with Crippen LogP contribution >= 0.6 is 45.9 Å². The molecule has 2 amide bonds. The van der Waals surface area contributed by atoms with Crippen molar-refractivity contribution in [2.75, 3.05) is 10.6 Å². The van der Waals surface area contributed by atoms with E-state index in [1.54, 1.807) is 0 Å². The Hall–Kier alpha value is -3.80. The van der Waals surface area contributed by atoms with Crippen LogP contribution in [0.1, 0.15) is 76.3 Å². The van der Waals surface area contributed by atoms with E-state index in [-0.39, 0.29) is 15.2 Å². The number of nitrogens with zero attached hydrogens (tertiary/aromatic N) is 2. The normalized spacial score (nSPS) is 14.1. The average Bonchev–Trinajstić information content (AvgIpc) is 3.78. The number of hydrogen-bond donors (Lipinski definition) is 2. The minimum atomic E-state index is -4.33. The number of hydrogen-bond acceptors (Lipinski definition) is 10. The fourth-order valence-electron chi connectivity index (χ4n) is 5.92. The van der Waals surface area contributed by atoms with Gasteiger partial charge in [0.1, 0.15) is 30.9 Å². The van der Waals surface area contributed by atoms with Crippen LogP contribution in [-0.2, 0) is 29.3 Å². The third-order valence-electron chi connectivity index (χ3n) is 9.63. The van der Waals surface area contributed by atoms with E-state index in [4.69, 9.17) is 23.2 Å². The molecule has 3 aromatic carbocycles. The Labute approximate surface area is 348 Å². The number of amides is 2. The number of halogens is 4. The molecule has 1 aliphatic carbocycles. The van der Waals surface area contributed by atoms with E-state index in [1.165, 1.54) is 81.8 Å². The van der Waals surface area contributed by atoms with Crippen molar-refractivity contribution in [2.45, 2.75) is 91.9 Å². The van der Waals surface area contributed by atoms with Gasteiger partial charge in [-0.1, -0.05) is 72.8 Å². The van der Waals surface area contributed by atoms with Gasteiger partial charge in [0.05, 0.1) is 11.4 Å². The molecule has 57 heavy (non-hydrogen) atoms. The molecule has 2 N–H and O–H groups in total. The molecule has 1 saturated carbocycles. The molecule has 0 aliphatic heterocycles. The highest BCUT2D eigenvalue weighted by Gasteiger charge is 2.45. The predicted octanol–water partition coefficient (Wildman–Crippen LogP) is 10.3. The lowest BCUT2D eigenvalue weighted by atomic mass is 9.87. The highest BCUT2D eigenvalue weighted by molar-refractivity contribution is 7.94. The molecular formula is C39H40Cl2F2N4O6S4. The summed E-state index contributed by atoms with van der Waals surface area (Å²) in [6, 6.07) is 15.9. The molecule has 0 radical (unpaired) electrons. The Morgan fingerprint density at radius 2 is 1.23 bits per heavy atom. The fourth-order valence-corrected chi connectivity index (χ4v) is 10.7. The maximum Gasteiger partial charge on any atom is 0.247 e. The van der Waals surface area contributed by atoms with Gasteiger partial charge in [0.15, 0.2) is 29.9 Å².